The Kier molecular flexibility index (Phi) is 4.27. The fourth-order valence-electron chi connectivity index (χ4n) is 1.96. The minimum atomic E-state index is -0.360. The normalized spacial score (nSPS) is 15.4. The van der Waals surface area contributed by atoms with Gasteiger partial charge in [-0.15, -0.1) is 0 Å². The first-order valence-corrected chi connectivity index (χ1v) is 6.27. The molecule has 0 saturated carbocycles. The zero-order valence-corrected chi connectivity index (χ0v) is 10.5. The molecule has 1 aliphatic rings. The molecule has 102 valence electrons. The lowest BCUT2D eigenvalue weighted by molar-refractivity contribution is -0.133. The van der Waals surface area contributed by atoms with Gasteiger partial charge in [0.25, 0.3) is 11.5 Å². The molecular formula is C12H16N4O3. The number of nitrogens with zero attached hydrogens (tertiary/aromatic N) is 2. The number of piperidine rings is 1. The van der Waals surface area contributed by atoms with Crippen LogP contribution in [0.5, 0.6) is 0 Å². The van der Waals surface area contributed by atoms with E-state index in [2.05, 4.69) is 15.3 Å². The second-order valence-electron chi connectivity index (χ2n) is 4.39. The number of nitrogens with one attached hydrogen (secondary N) is 2. The summed E-state index contributed by atoms with van der Waals surface area (Å²) in [6.45, 7) is 1.64. The van der Waals surface area contributed by atoms with Crippen molar-refractivity contribution < 1.29 is 9.59 Å². The Labute approximate surface area is 110 Å². The number of likely N-dealkylation sites (tertiary alicyclic amines) is 1. The molecule has 7 heteroatoms. The highest BCUT2D eigenvalue weighted by Crippen LogP contribution is 2.09. The van der Waals surface area contributed by atoms with Gasteiger partial charge in [-0.25, -0.2) is 4.98 Å². The Hall–Kier alpha value is -2.18. The third-order valence-electron chi connectivity index (χ3n) is 2.99. The summed E-state index contributed by atoms with van der Waals surface area (Å²) in [7, 11) is 0. The van der Waals surface area contributed by atoms with Crippen molar-refractivity contribution in [1.82, 2.24) is 20.2 Å². The standard InChI is InChI=1S/C12H16N4O3/c17-10-8-14-9(7-15-10)12(19)13-4-6-16-5-2-1-3-11(16)18/h7-8H,1-6H2,(H,13,19)(H,15,17). The number of rotatable bonds is 4. The van der Waals surface area contributed by atoms with Crippen molar-refractivity contribution in [3.63, 3.8) is 0 Å². The lowest BCUT2D eigenvalue weighted by Gasteiger charge is -2.26. The summed E-state index contributed by atoms with van der Waals surface area (Å²) in [5, 5.41) is 2.67. The molecule has 0 spiro atoms. The molecule has 0 bridgehead atoms. The van der Waals surface area contributed by atoms with Gasteiger partial charge in [0, 0.05) is 32.3 Å². The van der Waals surface area contributed by atoms with Gasteiger partial charge in [-0.05, 0) is 12.8 Å². The first-order valence-electron chi connectivity index (χ1n) is 6.27. The molecule has 1 fully saturated rings. The van der Waals surface area contributed by atoms with E-state index in [4.69, 9.17) is 0 Å². The maximum absolute atomic E-state index is 11.7. The van der Waals surface area contributed by atoms with Crippen molar-refractivity contribution in [1.29, 1.82) is 0 Å². The van der Waals surface area contributed by atoms with Gasteiger partial charge in [0.2, 0.25) is 5.91 Å². The number of carbonyl (C=O) groups is 2. The van der Waals surface area contributed by atoms with Gasteiger partial charge in [0.1, 0.15) is 5.69 Å². The first kappa shape index (κ1) is 13.3. The number of aromatic nitrogens is 2. The molecule has 0 aliphatic carbocycles. The summed E-state index contributed by atoms with van der Waals surface area (Å²) in [5.74, 6) is -0.219. The highest BCUT2D eigenvalue weighted by Gasteiger charge is 2.17. The summed E-state index contributed by atoms with van der Waals surface area (Å²) in [6.07, 6.45) is 4.88. The van der Waals surface area contributed by atoms with Crippen LogP contribution < -0.4 is 10.9 Å². The number of aromatic amines is 1. The van der Waals surface area contributed by atoms with Crippen LogP contribution in [0.15, 0.2) is 17.2 Å². The van der Waals surface area contributed by atoms with Crippen LogP contribution in [0, 0.1) is 0 Å². The summed E-state index contributed by atoms with van der Waals surface area (Å²) < 4.78 is 0. The number of amides is 2. The first-order chi connectivity index (χ1) is 9.16. The second-order valence-corrected chi connectivity index (χ2v) is 4.39. The van der Waals surface area contributed by atoms with Crippen molar-refractivity contribution in [3.05, 3.63) is 28.4 Å². The maximum Gasteiger partial charge on any atom is 0.271 e. The zero-order chi connectivity index (χ0) is 13.7. The van der Waals surface area contributed by atoms with Gasteiger partial charge in [0.15, 0.2) is 0 Å². The van der Waals surface area contributed by atoms with Crippen LogP contribution in [0.3, 0.4) is 0 Å². The Morgan fingerprint density at radius 3 is 2.95 bits per heavy atom. The Morgan fingerprint density at radius 2 is 2.26 bits per heavy atom. The fourth-order valence-corrected chi connectivity index (χ4v) is 1.96. The zero-order valence-electron chi connectivity index (χ0n) is 10.5. The van der Waals surface area contributed by atoms with E-state index in [1.165, 1.54) is 6.20 Å². The van der Waals surface area contributed by atoms with E-state index in [0.717, 1.165) is 25.6 Å². The molecule has 0 radical (unpaired) electrons. The highest BCUT2D eigenvalue weighted by molar-refractivity contribution is 5.91. The van der Waals surface area contributed by atoms with Crippen molar-refractivity contribution in [2.75, 3.05) is 19.6 Å². The quantitative estimate of drug-likeness (QED) is 0.767. The van der Waals surface area contributed by atoms with E-state index >= 15 is 0 Å². The van der Waals surface area contributed by atoms with E-state index < -0.39 is 0 Å². The molecule has 1 aromatic rings. The van der Waals surface area contributed by atoms with E-state index in [9.17, 15) is 14.4 Å². The second kappa shape index (κ2) is 6.12. The minimum Gasteiger partial charge on any atom is -0.349 e. The topological polar surface area (TPSA) is 95.2 Å². The molecule has 19 heavy (non-hydrogen) atoms. The van der Waals surface area contributed by atoms with Crippen LogP contribution in [0.2, 0.25) is 0 Å². The van der Waals surface area contributed by atoms with Crippen molar-refractivity contribution in [3.8, 4) is 0 Å². The molecule has 0 atom stereocenters. The monoisotopic (exact) mass is 264 g/mol. The van der Waals surface area contributed by atoms with E-state index in [1.54, 1.807) is 4.90 Å². The predicted octanol–water partition coefficient (Wildman–Crippen LogP) is -0.488. The van der Waals surface area contributed by atoms with Gasteiger partial charge in [-0.3, -0.25) is 14.4 Å². The summed E-state index contributed by atoms with van der Waals surface area (Å²) in [5.41, 5.74) is -0.194. The maximum atomic E-state index is 11.7. The molecule has 1 aliphatic heterocycles. The largest absolute Gasteiger partial charge is 0.349 e. The van der Waals surface area contributed by atoms with Crippen molar-refractivity contribution in [2.24, 2.45) is 0 Å². The molecule has 2 rings (SSSR count). The molecule has 2 N–H and O–H groups in total. The number of hydrogen-bond acceptors (Lipinski definition) is 4. The van der Waals surface area contributed by atoms with Crippen LogP contribution >= 0.6 is 0 Å². The summed E-state index contributed by atoms with van der Waals surface area (Å²) in [4.78, 5) is 41.9. The third-order valence-corrected chi connectivity index (χ3v) is 2.99. The van der Waals surface area contributed by atoms with E-state index in [1.807, 2.05) is 0 Å². The van der Waals surface area contributed by atoms with E-state index in [-0.39, 0.29) is 23.1 Å². The van der Waals surface area contributed by atoms with Crippen molar-refractivity contribution in [2.45, 2.75) is 19.3 Å². The van der Waals surface area contributed by atoms with Crippen LogP contribution in [0.1, 0.15) is 29.8 Å². The summed E-state index contributed by atoms with van der Waals surface area (Å²) in [6, 6.07) is 0. The van der Waals surface area contributed by atoms with E-state index in [0.29, 0.717) is 19.5 Å². The van der Waals surface area contributed by atoms with Crippen LogP contribution in [-0.4, -0.2) is 46.3 Å². The number of carbonyl (C=O) groups excluding carboxylic acids is 2. The van der Waals surface area contributed by atoms with Gasteiger partial charge in [-0.1, -0.05) is 0 Å². The highest BCUT2D eigenvalue weighted by atomic mass is 16.2. The minimum absolute atomic E-state index is 0.141. The Morgan fingerprint density at radius 1 is 1.42 bits per heavy atom. The molecule has 0 aromatic carbocycles. The molecule has 2 heterocycles. The van der Waals surface area contributed by atoms with Gasteiger partial charge in [-0.2, -0.15) is 0 Å². The van der Waals surface area contributed by atoms with Gasteiger partial charge in [0.05, 0.1) is 6.20 Å². The fraction of sp³-hybridized carbons (Fsp3) is 0.500. The van der Waals surface area contributed by atoms with Crippen LogP contribution in [0.4, 0.5) is 0 Å². The molecule has 7 nitrogen and oxygen atoms in total. The van der Waals surface area contributed by atoms with Crippen LogP contribution in [0.25, 0.3) is 0 Å². The SMILES string of the molecule is O=C(NCCN1CCCCC1=O)c1c[nH]c(=O)cn1. The van der Waals surface area contributed by atoms with Crippen molar-refractivity contribution >= 4 is 11.8 Å². The molecular weight excluding hydrogens is 248 g/mol. The van der Waals surface area contributed by atoms with Gasteiger partial charge >= 0.3 is 0 Å². The lowest BCUT2D eigenvalue weighted by Crippen LogP contribution is -2.41. The Bertz CT molecular complexity index is 505. The summed E-state index contributed by atoms with van der Waals surface area (Å²) >= 11 is 0. The average Bonchev–Trinajstić information content (AvgIpc) is 2.41. The third kappa shape index (κ3) is 3.64. The average molecular weight is 264 g/mol. The Balaban J connectivity index is 1.79. The predicted molar refractivity (Wildman–Crippen MR) is 67.6 cm³/mol. The van der Waals surface area contributed by atoms with Crippen LogP contribution in [-0.2, 0) is 4.79 Å². The number of H-pyrrole nitrogens is 1. The molecule has 1 saturated heterocycles. The molecule has 0 unspecified atom stereocenters. The number of hydrogen-bond donors (Lipinski definition) is 2. The van der Waals surface area contributed by atoms with Gasteiger partial charge < -0.3 is 15.2 Å². The molecule has 2 amide bonds. The molecule has 1 aromatic heterocycles. The smallest absolute Gasteiger partial charge is 0.271 e. The lowest BCUT2D eigenvalue weighted by atomic mass is 10.1.